The minimum absolute atomic E-state index is 0.306. The second-order valence-corrected chi connectivity index (χ2v) is 4.08. The predicted octanol–water partition coefficient (Wildman–Crippen LogP) is 3.01. The first-order valence-corrected chi connectivity index (χ1v) is 5.67. The molecule has 0 saturated heterocycles. The standard InChI is InChI=1S/C13H11ClN2O2/c1-9-12(5-6-18-9)13(17)16-15-8-10-3-2-4-11(14)7-10/h2-8H,1H3,(H,16,17)/b15-8-. The maximum absolute atomic E-state index is 11.7. The van der Waals surface area contributed by atoms with E-state index in [1.54, 1.807) is 25.1 Å². The summed E-state index contributed by atoms with van der Waals surface area (Å²) in [7, 11) is 0. The summed E-state index contributed by atoms with van der Waals surface area (Å²) in [6, 6.07) is 8.77. The van der Waals surface area contributed by atoms with Gasteiger partial charge in [0.05, 0.1) is 18.0 Å². The van der Waals surface area contributed by atoms with Gasteiger partial charge in [-0.1, -0.05) is 23.7 Å². The van der Waals surface area contributed by atoms with E-state index in [9.17, 15) is 4.79 Å². The van der Waals surface area contributed by atoms with Crippen LogP contribution in [0.4, 0.5) is 0 Å². The van der Waals surface area contributed by atoms with Gasteiger partial charge in [0.25, 0.3) is 5.91 Å². The molecule has 0 bridgehead atoms. The summed E-state index contributed by atoms with van der Waals surface area (Å²) in [5.74, 6) is 0.255. The van der Waals surface area contributed by atoms with E-state index in [4.69, 9.17) is 16.0 Å². The number of furan rings is 1. The molecule has 0 saturated carbocycles. The summed E-state index contributed by atoms with van der Waals surface area (Å²) in [6.07, 6.45) is 2.99. The van der Waals surface area contributed by atoms with Crippen LogP contribution < -0.4 is 5.43 Å². The lowest BCUT2D eigenvalue weighted by Gasteiger charge is -1.97. The van der Waals surface area contributed by atoms with Crippen LogP contribution >= 0.6 is 11.6 Å². The molecule has 1 heterocycles. The van der Waals surface area contributed by atoms with Crippen LogP contribution in [0.3, 0.4) is 0 Å². The third kappa shape index (κ3) is 2.99. The lowest BCUT2D eigenvalue weighted by Crippen LogP contribution is -2.17. The molecule has 1 aromatic heterocycles. The number of carbonyl (C=O) groups is 1. The summed E-state index contributed by atoms with van der Waals surface area (Å²) >= 11 is 5.83. The maximum Gasteiger partial charge on any atom is 0.274 e. The number of aryl methyl sites for hydroxylation is 1. The second kappa shape index (κ2) is 5.51. The van der Waals surface area contributed by atoms with Crippen molar-refractivity contribution in [2.75, 3.05) is 0 Å². The smallest absolute Gasteiger partial charge is 0.274 e. The monoisotopic (exact) mass is 262 g/mol. The molecule has 5 heteroatoms. The molecule has 18 heavy (non-hydrogen) atoms. The fraction of sp³-hybridized carbons (Fsp3) is 0.0769. The number of amides is 1. The first kappa shape index (κ1) is 12.4. The number of rotatable bonds is 3. The van der Waals surface area contributed by atoms with Gasteiger partial charge in [0, 0.05) is 5.02 Å². The van der Waals surface area contributed by atoms with Crippen molar-refractivity contribution in [3.05, 3.63) is 58.5 Å². The van der Waals surface area contributed by atoms with Crippen molar-refractivity contribution in [2.45, 2.75) is 6.92 Å². The lowest BCUT2D eigenvalue weighted by atomic mass is 10.2. The van der Waals surface area contributed by atoms with Crippen LogP contribution in [0.2, 0.25) is 5.02 Å². The van der Waals surface area contributed by atoms with Crippen LogP contribution in [-0.4, -0.2) is 12.1 Å². The molecule has 1 N–H and O–H groups in total. The van der Waals surface area contributed by atoms with Gasteiger partial charge in [0.15, 0.2) is 0 Å². The van der Waals surface area contributed by atoms with Crippen molar-refractivity contribution in [1.29, 1.82) is 0 Å². The summed E-state index contributed by atoms with van der Waals surface area (Å²) in [5, 5.41) is 4.48. The number of hydrazone groups is 1. The topological polar surface area (TPSA) is 54.6 Å². The van der Waals surface area contributed by atoms with Crippen LogP contribution in [0.5, 0.6) is 0 Å². The average molecular weight is 263 g/mol. The molecular formula is C13H11ClN2O2. The molecule has 0 spiro atoms. The first-order valence-electron chi connectivity index (χ1n) is 5.30. The quantitative estimate of drug-likeness (QED) is 0.683. The number of nitrogens with one attached hydrogen (secondary N) is 1. The Hall–Kier alpha value is -2.07. The second-order valence-electron chi connectivity index (χ2n) is 3.64. The molecular weight excluding hydrogens is 252 g/mol. The lowest BCUT2D eigenvalue weighted by molar-refractivity contribution is 0.0953. The van der Waals surface area contributed by atoms with E-state index in [1.807, 2.05) is 12.1 Å². The highest BCUT2D eigenvalue weighted by Crippen LogP contribution is 2.09. The SMILES string of the molecule is Cc1occc1C(=O)N/N=C\c1cccc(Cl)c1. The zero-order chi connectivity index (χ0) is 13.0. The Bertz CT molecular complexity index is 590. The van der Waals surface area contributed by atoms with E-state index in [1.165, 1.54) is 12.5 Å². The average Bonchev–Trinajstić information content (AvgIpc) is 2.75. The van der Waals surface area contributed by atoms with Gasteiger partial charge in [0.2, 0.25) is 0 Å². The van der Waals surface area contributed by atoms with E-state index < -0.39 is 0 Å². The van der Waals surface area contributed by atoms with Crippen LogP contribution in [0.25, 0.3) is 0 Å². The van der Waals surface area contributed by atoms with Crippen molar-refractivity contribution in [3.63, 3.8) is 0 Å². The van der Waals surface area contributed by atoms with Crippen molar-refractivity contribution < 1.29 is 9.21 Å². The Morgan fingerprint density at radius 3 is 2.94 bits per heavy atom. The van der Waals surface area contributed by atoms with Crippen molar-refractivity contribution in [1.82, 2.24) is 5.43 Å². The number of halogens is 1. The highest BCUT2D eigenvalue weighted by molar-refractivity contribution is 6.30. The molecule has 2 aromatic rings. The van der Waals surface area contributed by atoms with Gasteiger partial charge in [-0.15, -0.1) is 0 Å². The molecule has 0 fully saturated rings. The summed E-state index contributed by atoms with van der Waals surface area (Å²) in [4.78, 5) is 11.7. The van der Waals surface area contributed by atoms with Gasteiger partial charge in [0.1, 0.15) is 5.76 Å². The highest BCUT2D eigenvalue weighted by atomic mass is 35.5. The zero-order valence-electron chi connectivity index (χ0n) is 9.68. The van der Waals surface area contributed by atoms with Gasteiger partial charge in [-0.25, -0.2) is 5.43 Å². The van der Waals surface area contributed by atoms with E-state index in [-0.39, 0.29) is 5.91 Å². The molecule has 0 aliphatic rings. The fourth-order valence-electron chi connectivity index (χ4n) is 1.43. The minimum atomic E-state index is -0.306. The van der Waals surface area contributed by atoms with Crippen LogP contribution in [-0.2, 0) is 0 Å². The maximum atomic E-state index is 11.7. The molecule has 1 aromatic carbocycles. The van der Waals surface area contributed by atoms with Crippen molar-refractivity contribution >= 4 is 23.7 Å². The largest absolute Gasteiger partial charge is 0.469 e. The number of nitrogens with zero attached hydrogens (tertiary/aromatic N) is 1. The molecule has 0 aliphatic heterocycles. The van der Waals surface area contributed by atoms with E-state index in [0.29, 0.717) is 16.3 Å². The number of hydrogen-bond acceptors (Lipinski definition) is 3. The third-order valence-electron chi connectivity index (χ3n) is 2.33. The van der Waals surface area contributed by atoms with Gasteiger partial charge in [-0.05, 0) is 30.7 Å². The normalized spacial score (nSPS) is 10.8. The molecule has 0 radical (unpaired) electrons. The Morgan fingerprint density at radius 1 is 1.44 bits per heavy atom. The summed E-state index contributed by atoms with van der Waals surface area (Å²) in [6.45, 7) is 1.72. The third-order valence-corrected chi connectivity index (χ3v) is 2.57. The number of hydrogen-bond donors (Lipinski definition) is 1. The summed E-state index contributed by atoms with van der Waals surface area (Å²) < 4.78 is 5.04. The molecule has 1 amide bonds. The van der Waals surface area contributed by atoms with Crippen LogP contribution in [0.15, 0.2) is 46.1 Å². The molecule has 0 aliphatic carbocycles. The molecule has 2 rings (SSSR count). The zero-order valence-corrected chi connectivity index (χ0v) is 10.4. The Morgan fingerprint density at radius 2 is 2.28 bits per heavy atom. The van der Waals surface area contributed by atoms with Crippen molar-refractivity contribution in [2.24, 2.45) is 5.10 Å². The number of benzene rings is 1. The van der Waals surface area contributed by atoms with Crippen molar-refractivity contribution in [3.8, 4) is 0 Å². The first-order chi connectivity index (χ1) is 8.66. The van der Waals surface area contributed by atoms with Gasteiger partial charge >= 0.3 is 0 Å². The van der Waals surface area contributed by atoms with E-state index in [0.717, 1.165) is 5.56 Å². The summed E-state index contributed by atoms with van der Waals surface area (Å²) in [5.41, 5.74) is 3.70. The van der Waals surface area contributed by atoms with Gasteiger partial charge < -0.3 is 4.42 Å². The molecule has 0 unspecified atom stereocenters. The highest BCUT2D eigenvalue weighted by Gasteiger charge is 2.09. The van der Waals surface area contributed by atoms with E-state index in [2.05, 4.69) is 10.5 Å². The molecule has 0 atom stereocenters. The Balaban J connectivity index is 2.00. The minimum Gasteiger partial charge on any atom is -0.469 e. The van der Waals surface area contributed by atoms with Crippen LogP contribution in [0.1, 0.15) is 21.7 Å². The molecule has 92 valence electrons. The van der Waals surface area contributed by atoms with Crippen LogP contribution in [0, 0.1) is 6.92 Å². The Kier molecular flexibility index (Phi) is 3.79. The van der Waals surface area contributed by atoms with Gasteiger partial charge in [-0.2, -0.15) is 5.10 Å². The van der Waals surface area contributed by atoms with Gasteiger partial charge in [-0.3, -0.25) is 4.79 Å². The molecule has 4 nitrogen and oxygen atoms in total. The predicted molar refractivity (Wildman–Crippen MR) is 70.0 cm³/mol. The van der Waals surface area contributed by atoms with E-state index >= 15 is 0 Å². The fourth-order valence-corrected chi connectivity index (χ4v) is 1.63. The Labute approximate surface area is 109 Å². The number of carbonyl (C=O) groups excluding carboxylic acids is 1.